The molecule has 0 radical (unpaired) electrons. The Bertz CT molecular complexity index is 359. The molecule has 2 N–H and O–H groups in total. The molecule has 1 saturated carbocycles. The Labute approximate surface area is 108 Å². The lowest BCUT2D eigenvalue weighted by Gasteiger charge is -2.38. The zero-order valence-electron chi connectivity index (χ0n) is 10.2. The van der Waals surface area contributed by atoms with Gasteiger partial charge in [0.15, 0.2) is 0 Å². The van der Waals surface area contributed by atoms with Gasteiger partial charge in [-0.2, -0.15) is 0 Å². The molecule has 1 aliphatic carbocycles. The largest absolute Gasteiger partial charge is 0.387 e. The van der Waals surface area contributed by atoms with Crippen LogP contribution in [0.25, 0.3) is 0 Å². The molecule has 2 rings (SSSR count). The normalized spacial score (nSPS) is 19.7. The van der Waals surface area contributed by atoms with Crippen molar-refractivity contribution in [3.8, 4) is 0 Å². The van der Waals surface area contributed by atoms with Gasteiger partial charge in [-0.05, 0) is 36.0 Å². The third kappa shape index (κ3) is 3.44. The lowest BCUT2D eigenvalue weighted by atomic mass is 9.70. The molecule has 0 spiro atoms. The molecular formula is C14H20ClNO. The van der Waals surface area contributed by atoms with Crippen LogP contribution in [0.3, 0.4) is 0 Å². The highest BCUT2D eigenvalue weighted by atomic mass is 35.5. The fourth-order valence-corrected chi connectivity index (χ4v) is 2.40. The monoisotopic (exact) mass is 253 g/mol. The van der Waals surface area contributed by atoms with Crippen molar-refractivity contribution < 1.29 is 5.11 Å². The van der Waals surface area contributed by atoms with Crippen molar-refractivity contribution in [2.75, 3.05) is 13.1 Å². The number of halogens is 1. The Balaban J connectivity index is 1.77. The molecule has 3 heteroatoms. The number of rotatable bonds is 5. The van der Waals surface area contributed by atoms with Gasteiger partial charge >= 0.3 is 0 Å². The van der Waals surface area contributed by atoms with Crippen LogP contribution >= 0.6 is 11.6 Å². The van der Waals surface area contributed by atoms with E-state index in [1.165, 1.54) is 19.3 Å². The number of aliphatic hydroxyl groups is 1. The van der Waals surface area contributed by atoms with Crippen LogP contribution in [0.4, 0.5) is 0 Å². The number of hydrogen-bond donors (Lipinski definition) is 2. The summed E-state index contributed by atoms with van der Waals surface area (Å²) in [5.74, 6) is 0. The second-order valence-corrected chi connectivity index (χ2v) is 5.80. The van der Waals surface area contributed by atoms with Gasteiger partial charge in [0.2, 0.25) is 0 Å². The second kappa shape index (κ2) is 5.38. The highest BCUT2D eigenvalue weighted by molar-refractivity contribution is 6.30. The minimum atomic E-state index is -0.448. The lowest BCUT2D eigenvalue weighted by Crippen LogP contribution is -2.38. The second-order valence-electron chi connectivity index (χ2n) is 5.36. The van der Waals surface area contributed by atoms with Crippen LogP contribution in [0, 0.1) is 5.41 Å². The molecule has 0 heterocycles. The molecule has 1 aromatic carbocycles. The van der Waals surface area contributed by atoms with E-state index in [-0.39, 0.29) is 0 Å². The molecular weight excluding hydrogens is 234 g/mol. The summed E-state index contributed by atoms with van der Waals surface area (Å²) >= 11 is 5.81. The average molecular weight is 254 g/mol. The van der Waals surface area contributed by atoms with Crippen LogP contribution < -0.4 is 5.32 Å². The van der Waals surface area contributed by atoms with E-state index >= 15 is 0 Å². The third-order valence-corrected chi connectivity index (χ3v) is 3.96. The summed E-state index contributed by atoms with van der Waals surface area (Å²) < 4.78 is 0. The first-order valence-corrected chi connectivity index (χ1v) is 6.61. The zero-order chi connectivity index (χ0) is 12.3. The third-order valence-electron chi connectivity index (χ3n) is 3.70. The summed E-state index contributed by atoms with van der Waals surface area (Å²) in [6.07, 6.45) is 3.50. The highest BCUT2D eigenvalue weighted by Gasteiger charge is 2.31. The van der Waals surface area contributed by atoms with Gasteiger partial charge in [-0.1, -0.05) is 37.1 Å². The van der Waals surface area contributed by atoms with Crippen molar-refractivity contribution in [1.29, 1.82) is 0 Å². The minimum absolute atomic E-state index is 0.448. The number of aliphatic hydroxyl groups excluding tert-OH is 1. The SMILES string of the molecule is CC1(CNCC(O)c2ccc(Cl)cc2)CCC1. The van der Waals surface area contributed by atoms with Gasteiger partial charge in [0, 0.05) is 18.1 Å². The van der Waals surface area contributed by atoms with E-state index in [0.29, 0.717) is 17.0 Å². The number of hydrogen-bond acceptors (Lipinski definition) is 2. The molecule has 17 heavy (non-hydrogen) atoms. The first kappa shape index (κ1) is 12.9. The molecule has 0 bridgehead atoms. The molecule has 1 aromatic rings. The Morgan fingerprint density at radius 1 is 1.35 bits per heavy atom. The molecule has 2 nitrogen and oxygen atoms in total. The van der Waals surface area contributed by atoms with Gasteiger partial charge in [0.05, 0.1) is 6.10 Å². The molecule has 1 atom stereocenters. The van der Waals surface area contributed by atoms with Crippen LogP contribution in [-0.2, 0) is 0 Å². The predicted molar refractivity (Wildman–Crippen MR) is 71.2 cm³/mol. The van der Waals surface area contributed by atoms with Crippen LogP contribution in [0.5, 0.6) is 0 Å². The minimum Gasteiger partial charge on any atom is -0.387 e. The van der Waals surface area contributed by atoms with E-state index in [9.17, 15) is 5.11 Å². The Hall–Kier alpha value is -0.570. The number of nitrogens with one attached hydrogen (secondary N) is 1. The highest BCUT2D eigenvalue weighted by Crippen LogP contribution is 2.39. The first-order chi connectivity index (χ1) is 8.09. The molecule has 1 aliphatic rings. The van der Waals surface area contributed by atoms with Gasteiger partial charge in [-0.25, -0.2) is 0 Å². The smallest absolute Gasteiger partial charge is 0.0914 e. The molecule has 94 valence electrons. The summed E-state index contributed by atoms with van der Waals surface area (Å²) in [5, 5.41) is 14.1. The average Bonchev–Trinajstić information content (AvgIpc) is 2.27. The van der Waals surface area contributed by atoms with Crippen LogP contribution in [0.2, 0.25) is 5.02 Å². The Kier molecular flexibility index (Phi) is 4.08. The van der Waals surface area contributed by atoms with E-state index in [1.807, 2.05) is 24.3 Å². The Morgan fingerprint density at radius 3 is 2.53 bits per heavy atom. The zero-order valence-corrected chi connectivity index (χ0v) is 11.0. The van der Waals surface area contributed by atoms with Gasteiger partial charge in [-0.15, -0.1) is 0 Å². The standard InChI is InChI=1S/C14H20ClNO/c1-14(7-2-8-14)10-16-9-13(17)11-3-5-12(15)6-4-11/h3-6,13,16-17H,2,7-10H2,1H3. The van der Waals surface area contributed by atoms with E-state index in [4.69, 9.17) is 11.6 Å². The fraction of sp³-hybridized carbons (Fsp3) is 0.571. The lowest BCUT2D eigenvalue weighted by molar-refractivity contribution is 0.133. The van der Waals surface area contributed by atoms with Crippen molar-refractivity contribution >= 4 is 11.6 Å². The maximum atomic E-state index is 9.99. The van der Waals surface area contributed by atoms with Gasteiger partial charge in [0.1, 0.15) is 0 Å². The summed E-state index contributed by atoms with van der Waals surface area (Å²) in [7, 11) is 0. The van der Waals surface area contributed by atoms with Crippen LogP contribution in [-0.4, -0.2) is 18.2 Å². The van der Waals surface area contributed by atoms with E-state index in [2.05, 4.69) is 12.2 Å². The summed E-state index contributed by atoms with van der Waals surface area (Å²) in [4.78, 5) is 0. The summed E-state index contributed by atoms with van der Waals surface area (Å²) in [5.41, 5.74) is 1.38. The first-order valence-electron chi connectivity index (χ1n) is 6.23. The fourth-order valence-electron chi connectivity index (χ4n) is 2.27. The predicted octanol–water partition coefficient (Wildman–Crippen LogP) is 3.15. The maximum Gasteiger partial charge on any atom is 0.0914 e. The van der Waals surface area contributed by atoms with E-state index < -0.39 is 6.10 Å². The summed E-state index contributed by atoms with van der Waals surface area (Å²) in [6.45, 7) is 3.91. The Morgan fingerprint density at radius 2 is 2.00 bits per heavy atom. The topological polar surface area (TPSA) is 32.3 Å². The van der Waals surface area contributed by atoms with Gasteiger partial charge < -0.3 is 10.4 Å². The van der Waals surface area contributed by atoms with Gasteiger partial charge in [-0.3, -0.25) is 0 Å². The van der Waals surface area contributed by atoms with E-state index in [0.717, 1.165) is 12.1 Å². The molecule has 1 unspecified atom stereocenters. The van der Waals surface area contributed by atoms with Crippen LogP contribution in [0.15, 0.2) is 24.3 Å². The molecule has 0 saturated heterocycles. The molecule has 0 amide bonds. The molecule has 1 fully saturated rings. The van der Waals surface area contributed by atoms with Crippen molar-refractivity contribution in [2.24, 2.45) is 5.41 Å². The van der Waals surface area contributed by atoms with E-state index in [1.54, 1.807) is 0 Å². The van der Waals surface area contributed by atoms with Crippen molar-refractivity contribution in [3.05, 3.63) is 34.9 Å². The van der Waals surface area contributed by atoms with Crippen molar-refractivity contribution in [3.63, 3.8) is 0 Å². The molecule has 0 aromatic heterocycles. The maximum absolute atomic E-state index is 9.99. The van der Waals surface area contributed by atoms with Crippen molar-refractivity contribution in [1.82, 2.24) is 5.32 Å². The van der Waals surface area contributed by atoms with Gasteiger partial charge in [0.25, 0.3) is 0 Å². The summed E-state index contributed by atoms with van der Waals surface area (Å²) in [6, 6.07) is 7.38. The number of benzene rings is 1. The quantitative estimate of drug-likeness (QED) is 0.845. The van der Waals surface area contributed by atoms with Crippen LogP contribution in [0.1, 0.15) is 37.9 Å². The molecule has 0 aliphatic heterocycles. The van der Waals surface area contributed by atoms with Crippen molar-refractivity contribution in [2.45, 2.75) is 32.3 Å².